The number of nitrogens with zero attached hydrogens (tertiary/aromatic N) is 1. The molecule has 1 heterocycles. The number of carbonyl (C=O) groups is 1. The zero-order valence-electron chi connectivity index (χ0n) is 16.5. The van der Waals surface area contributed by atoms with E-state index in [0.717, 1.165) is 13.1 Å². The zero-order valence-corrected chi connectivity index (χ0v) is 16.5. The molecule has 26 heavy (non-hydrogen) atoms. The van der Waals surface area contributed by atoms with E-state index in [9.17, 15) is 9.90 Å². The van der Waals surface area contributed by atoms with Crippen LogP contribution >= 0.6 is 0 Å². The van der Waals surface area contributed by atoms with Gasteiger partial charge >= 0.3 is 0 Å². The van der Waals surface area contributed by atoms with Gasteiger partial charge in [-0.05, 0) is 68.4 Å². The lowest BCUT2D eigenvalue weighted by Gasteiger charge is -2.55. The molecule has 2 aliphatic carbocycles. The normalized spacial score (nSPS) is 31.0. The highest BCUT2D eigenvalue weighted by Crippen LogP contribution is 2.49. The highest BCUT2D eigenvalue weighted by Gasteiger charge is 2.51. The highest BCUT2D eigenvalue weighted by atomic mass is 16.3. The van der Waals surface area contributed by atoms with E-state index in [1.54, 1.807) is 0 Å². The van der Waals surface area contributed by atoms with Crippen LogP contribution in [0.1, 0.15) is 82.3 Å². The molecular weight excluding hydrogens is 322 g/mol. The predicted molar refractivity (Wildman–Crippen MR) is 104 cm³/mol. The van der Waals surface area contributed by atoms with Crippen LogP contribution in [0, 0.1) is 11.3 Å². The molecule has 0 aromatic heterocycles. The third kappa shape index (κ3) is 3.31. The Bertz CT molecular complexity index is 652. The highest BCUT2D eigenvalue weighted by molar-refractivity contribution is 5.81. The summed E-state index contributed by atoms with van der Waals surface area (Å²) in [5, 5.41) is 9.86. The molecule has 1 amide bonds. The van der Waals surface area contributed by atoms with Crippen LogP contribution in [0.4, 0.5) is 0 Å². The number of benzene rings is 1. The molecule has 3 aliphatic rings. The predicted octanol–water partition coefficient (Wildman–Crippen LogP) is 4.46. The number of hydrogen-bond donors (Lipinski definition) is 1. The van der Waals surface area contributed by atoms with E-state index in [1.165, 1.54) is 36.8 Å². The quantitative estimate of drug-likeness (QED) is 0.870. The average Bonchev–Trinajstić information content (AvgIpc) is 2.57. The van der Waals surface area contributed by atoms with Crippen molar-refractivity contribution in [2.24, 2.45) is 11.3 Å². The van der Waals surface area contributed by atoms with Crippen LogP contribution < -0.4 is 0 Å². The van der Waals surface area contributed by atoms with Crippen molar-refractivity contribution in [2.75, 3.05) is 13.1 Å². The van der Waals surface area contributed by atoms with Crippen LogP contribution in [-0.2, 0) is 4.79 Å². The van der Waals surface area contributed by atoms with Gasteiger partial charge in [-0.2, -0.15) is 0 Å². The summed E-state index contributed by atoms with van der Waals surface area (Å²) in [6.07, 6.45) is 6.28. The van der Waals surface area contributed by atoms with Gasteiger partial charge in [0.1, 0.15) is 0 Å². The fraction of sp³-hybridized carbons (Fsp3) is 0.696. The van der Waals surface area contributed by atoms with Gasteiger partial charge in [-0.25, -0.2) is 0 Å². The van der Waals surface area contributed by atoms with E-state index in [-0.39, 0.29) is 11.8 Å². The van der Waals surface area contributed by atoms with E-state index in [1.807, 2.05) is 6.92 Å². The number of carbonyl (C=O) groups excluding carboxylic acids is 1. The molecule has 4 rings (SSSR count). The molecule has 0 unspecified atom stereocenters. The molecule has 0 radical (unpaired) electrons. The van der Waals surface area contributed by atoms with Crippen molar-refractivity contribution in [2.45, 2.75) is 76.7 Å². The SMILES string of the molecule is CC(C)c1ccc(C2CCC3(CC2)CN(C(=O)C2CC(C)(O)C2)C3)cc1. The van der Waals surface area contributed by atoms with E-state index < -0.39 is 5.60 Å². The Labute approximate surface area is 157 Å². The van der Waals surface area contributed by atoms with Gasteiger partial charge in [0.25, 0.3) is 0 Å². The molecule has 3 heteroatoms. The molecule has 3 fully saturated rings. The van der Waals surface area contributed by atoms with Gasteiger partial charge < -0.3 is 10.0 Å². The number of amides is 1. The molecule has 1 N–H and O–H groups in total. The van der Waals surface area contributed by atoms with E-state index in [4.69, 9.17) is 0 Å². The maximum Gasteiger partial charge on any atom is 0.225 e. The van der Waals surface area contributed by atoms with Crippen molar-refractivity contribution in [1.29, 1.82) is 0 Å². The van der Waals surface area contributed by atoms with Crippen molar-refractivity contribution >= 4 is 5.91 Å². The molecule has 142 valence electrons. The minimum Gasteiger partial charge on any atom is -0.390 e. The number of aliphatic hydroxyl groups is 1. The molecule has 1 aromatic rings. The fourth-order valence-corrected chi connectivity index (χ4v) is 5.39. The first kappa shape index (κ1) is 18.0. The molecule has 3 nitrogen and oxygen atoms in total. The van der Waals surface area contributed by atoms with Crippen molar-refractivity contribution < 1.29 is 9.90 Å². The molecular formula is C23H33NO2. The van der Waals surface area contributed by atoms with Gasteiger partial charge in [0, 0.05) is 24.4 Å². The van der Waals surface area contributed by atoms with Gasteiger partial charge in [0.2, 0.25) is 5.91 Å². The third-order valence-electron chi connectivity index (χ3n) is 7.21. The summed E-state index contributed by atoms with van der Waals surface area (Å²) < 4.78 is 0. The number of hydrogen-bond acceptors (Lipinski definition) is 2. The molecule has 2 saturated carbocycles. The summed E-state index contributed by atoms with van der Waals surface area (Å²) in [6.45, 7) is 8.22. The van der Waals surface area contributed by atoms with Crippen molar-refractivity contribution in [3.8, 4) is 0 Å². The number of likely N-dealkylation sites (tertiary alicyclic amines) is 1. The maximum absolute atomic E-state index is 12.5. The Hall–Kier alpha value is -1.35. The van der Waals surface area contributed by atoms with Crippen LogP contribution in [0.25, 0.3) is 0 Å². The average molecular weight is 356 g/mol. The van der Waals surface area contributed by atoms with Gasteiger partial charge in [0.15, 0.2) is 0 Å². The lowest BCUT2D eigenvalue weighted by Crippen LogP contribution is -2.62. The Kier molecular flexibility index (Phi) is 4.42. The second-order valence-electron chi connectivity index (χ2n) is 9.89. The molecule has 1 spiro atoms. The topological polar surface area (TPSA) is 40.5 Å². The summed E-state index contributed by atoms with van der Waals surface area (Å²) in [5.41, 5.74) is 2.69. The monoisotopic (exact) mass is 355 g/mol. The van der Waals surface area contributed by atoms with E-state index >= 15 is 0 Å². The summed E-state index contributed by atoms with van der Waals surface area (Å²) in [5.74, 6) is 1.64. The van der Waals surface area contributed by atoms with Crippen molar-refractivity contribution in [3.63, 3.8) is 0 Å². The Morgan fingerprint density at radius 2 is 1.69 bits per heavy atom. The maximum atomic E-state index is 12.5. The Balaban J connectivity index is 1.27. The van der Waals surface area contributed by atoms with Crippen LogP contribution in [0.5, 0.6) is 0 Å². The fourth-order valence-electron chi connectivity index (χ4n) is 5.39. The summed E-state index contributed by atoms with van der Waals surface area (Å²) >= 11 is 0. The third-order valence-corrected chi connectivity index (χ3v) is 7.21. The summed E-state index contributed by atoms with van der Waals surface area (Å²) in [7, 11) is 0. The van der Waals surface area contributed by atoms with Gasteiger partial charge in [-0.3, -0.25) is 4.79 Å². The minimum atomic E-state index is -0.605. The lowest BCUT2D eigenvalue weighted by molar-refractivity contribution is -0.163. The van der Waals surface area contributed by atoms with Crippen LogP contribution in [0.15, 0.2) is 24.3 Å². The smallest absolute Gasteiger partial charge is 0.225 e. The van der Waals surface area contributed by atoms with Crippen LogP contribution in [-0.4, -0.2) is 34.6 Å². The first-order valence-corrected chi connectivity index (χ1v) is 10.4. The molecule has 0 bridgehead atoms. The Morgan fingerprint density at radius 1 is 1.12 bits per heavy atom. The van der Waals surface area contributed by atoms with E-state index in [0.29, 0.717) is 30.1 Å². The number of rotatable bonds is 3. The van der Waals surface area contributed by atoms with Crippen LogP contribution in [0.2, 0.25) is 0 Å². The first-order chi connectivity index (χ1) is 12.3. The van der Waals surface area contributed by atoms with Crippen molar-refractivity contribution in [1.82, 2.24) is 4.90 Å². The molecule has 1 aromatic carbocycles. The van der Waals surface area contributed by atoms with Gasteiger partial charge in [-0.15, -0.1) is 0 Å². The first-order valence-electron chi connectivity index (χ1n) is 10.4. The summed E-state index contributed by atoms with van der Waals surface area (Å²) in [6, 6.07) is 9.25. The zero-order chi connectivity index (χ0) is 18.5. The largest absolute Gasteiger partial charge is 0.390 e. The van der Waals surface area contributed by atoms with Crippen LogP contribution in [0.3, 0.4) is 0 Å². The van der Waals surface area contributed by atoms with Crippen molar-refractivity contribution in [3.05, 3.63) is 35.4 Å². The second kappa shape index (κ2) is 6.37. The minimum absolute atomic E-state index is 0.0677. The van der Waals surface area contributed by atoms with Gasteiger partial charge in [-0.1, -0.05) is 38.1 Å². The summed E-state index contributed by atoms with van der Waals surface area (Å²) in [4.78, 5) is 14.6. The molecule has 0 atom stereocenters. The second-order valence-corrected chi connectivity index (χ2v) is 9.89. The lowest BCUT2D eigenvalue weighted by atomic mass is 9.63. The molecule has 1 aliphatic heterocycles. The Morgan fingerprint density at radius 3 is 2.19 bits per heavy atom. The van der Waals surface area contributed by atoms with Gasteiger partial charge in [0.05, 0.1) is 5.60 Å². The standard InChI is InChI=1S/C23H33NO2/c1-16(2)17-4-6-18(7-5-17)19-8-10-23(11-9-19)14-24(15-23)21(25)20-12-22(3,26)13-20/h4-7,16,19-20,26H,8-15H2,1-3H3. The van der Waals surface area contributed by atoms with E-state index in [2.05, 4.69) is 43.0 Å². The molecule has 1 saturated heterocycles.